The lowest BCUT2D eigenvalue weighted by molar-refractivity contribution is -0.140. The second kappa shape index (κ2) is 7.91. The van der Waals surface area contributed by atoms with Gasteiger partial charge in [-0.25, -0.2) is 9.59 Å². The van der Waals surface area contributed by atoms with Crippen LogP contribution in [-0.2, 0) is 14.3 Å². The van der Waals surface area contributed by atoms with Crippen molar-refractivity contribution in [1.29, 1.82) is 0 Å². The van der Waals surface area contributed by atoms with Crippen molar-refractivity contribution in [3.63, 3.8) is 0 Å². The Morgan fingerprint density at radius 3 is 2.00 bits per heavy atom. The third-order valence-electron chi connectivity index (χ3n) is 2.31. The fourth-order valence-electron chi connectivity index (χ4n) is 1.37. The van der Waals surface area contributed by atoms with Crippen LogP contribution in [0.25, 0.3) is 0 Å². The van der Waals surface area contributed by atoms with E-state index >= 15 is 0 Å². The Bertz CT molecular complexity index is 279. The number of aliphatic carboxylic acids is 1. The zero-order valence-corrected chi connectivity index (χ0v) is 10.2. The topological polar surface area (TPSA) is 63.6 Å². The van der Waals surface area contributed by atoms with Crippen molar-refractivity contribution in [1.82, 2.24) is 0 Å². The summed E-state index contributed by atoms with van der Waals surface area (Å²) in [4.78, 5) is 22.5. The molecule has 16 heavy (non-hydrogen) atoms. The van der Waals surface area contributed by atoms with Gasteiger partial charge >= 0.3 is 11.9 Å². The molecule has 0 heterocycles. The lowest BCUT2D eigenvalue weighted by atomic mass is 10.0. The van der Waals surface area contributed by atoms with Crippen LogP contribution >= 0.6 is 0 Å². The van der Waals surface area contributed by atoms with Crippen molar-refractivity contribution < 1.29 is 19.4 Å². The van der Waals surface area contributed by atoms with Crippen LogP contribution in [0.4, 0.5) is 0 Å². The summed E-state index contributed by atoms with van der Waals surface area (Å²) in [5, 5.41) is 8.93. The van der Waals surface area contributed by atoms with Gasteiger partial charge in [0, 0.05) is 11.1 Å². The highest BCUT2D eigenvalue weighted by Crippen LogP contribution is 2.14. The molecular weight excluding hydrogens is 208 g/mol. The van der Waals surface area contributed by atoms with Gasteiger partial charge in [0.25, 0.3) is 0 Å². The average Bonchev–Trinajstić information content (AvgIpc) is 2.25. The van der Waals surface area contributed by atoms with Crippen LogP contribution in [0, 0.1) is 0 Å². The van der Waals surface area contributed by atoms with E-state index in [1.807, 2.05) is 6.92 Å². The minimum atomic E-state index is -1.04. The molecule has 0 bridgehead atoms. The Kier molecular flexibility index (Phi) is 7.25. The van der Waals surface area contributed by atoms with Crippen LogP contribution in [0.3, 0.4) is 0 Å². The van der Waals surface area contributed by atoms with Gasteiger partial charge in [-0.05, 0) is 19.3 Å². The zero-order chi connectivity index (χ0) is 12.6. The zero-order valence-electron chi connectivity index (χ0n) is 10.2. The molecule has 4 nitrogen and oxygen atoms in total. The number of carboxylic acids is 1. The Morgan fingerprint density at radius 1 is 1.06 bits per heavy atom. The van der Waals surface area contributed by atoms with Crippen molar-refractivity contribution in [3.05, 3.63) is 11.1 Å². The molecule has 0 fully saturated rings. The molecule has 0 aromatic rings. The quantitative estimate of drug-likeness (QED) is 0.413. The Hall–Kier alpha value is -1.32. The van der Waals surface area contributed by atoms with Crippen molar-refractivity contribution in [2.24, 2.45) is 0 Å². The van der Waals surface area contributed by atoms with Gasteiger partial charge < -0.3 is 9.84 Å². The van der Waals surface area contributed by atoms with Gasteiger partial charge in [-0.1, -0.05) is 27.2 Å². The maximum Gasteiger partial charge on any atom is 0.334 e. The summed E-state index contributed by atoms with van der Waals surface area (Å²) in [7, 11) is 0. The van der Waals surface area contributed by atoms with E-state index in [2.05, 4.69) is 0 Å². The fourth-order valence-corrected chi connectivity index (χ4v) is 1.37. The average molecular weight is 228 g/mol. The largest absolute Gasteiger partial charge is 0.478 e. The minimum Gasteiger partial charge on any atom is -0.478 e. The Morgan fingerprint density at radius 2 is 1.62 bits per heavy atom. The number of rotatable bonds is 7. The first-order valence-corrected chi connectivity index (χ1v) is 5.70. The van der Waals surface area contributed by atoms with E-state index < -0.39 is 11.9 Å². The van der Waals surface area contributed by atoms with E-state index in [0.717, 1.165) is 12.8 Å². The van der Waals surface area contributed by atoms with Gasteiger partial charge in [-0.15, -0.1) is 0 Å². The molecule has 4 heteroatoms. The number of ether oxygens (including phenoxy) is 1. The van der Waals surface area contributed by atoms with Crippen molar-refractivity contribution in [2.45, 2.75) is 46.5 Å². The predicted octanol–water partition coefficient (Wildman–Crippen LogP) is 2.53. The van der Waals surface area contributed by atoms with Gasteiger partial charge in [-0.3, -0.25) is 0 Å². The van der Waals surface area contributed by atoms with Crippen LogP contribution < -0.4 is 0 Å². The molecule has 0 spiro atoms. The molecule has 0 rings (SSSR count). The predicted molar refractivity (Wildman–Crippen MR) is 61.1 cm³/mol. The van der Waals surface area contributed by atoms with Gasteiger partial charge in [-0.2, -0.15) is 0 Å². The third kappa shape index (κ3) is 4.47. The van der Waals surface area contributed by atoms with Crippen molar-refractivity contribution >= 4 is 11.9 Å². The lowest BCUT2D eigenvalue weighted by Crippen LogP contribution is -2.14. The molecule has 0 saturated carbocycles. The molecule has 0 amide bonds. The highest BCUT2D eigenvalue weighted by atomic mass is 16.5. The van der Waals surface area contributed by atoms with E-state index in [-0.39, 0.29) is 11.1 Å². The molecule has 0 atom stereocenters. The van der Waals surface area contributed by atoms with Gasteiger partial charge in [0.2, 0.25) is 0 Å². The molecule has 0 aromatic carbocycles. The summed E-state index contributed by atoms with van der Waals surface area (Å²) in [5.41, 5.74) is 0.440. The van der Waals surface area contributed by atoms with Crippen molar-refractivity contribution in [2.75, 3.05) is 6.61 Å². The van der Waals surface area contributed by atoms with Crippen LogP contribution in [0.5, 0.6) is 0 Å². The molecule has 0 saturated heterocycles. The highest BCUT2D eigenvalue weighted by Gasteiger charge is 2.18. The van der Waals surface area contributed by atoms with Gasteiger partial charge in [0.1, 0.15) is 0 Å². The van der Waals surface area contributed by atoms with Crippen molar-refractivity contribution in [3.8, 4) is 0 Å². The summed E-state index contributed by atoms with van der Waals surface area (Å²) < 4.78 is 5.01. The van der Waals surface area contributed by atoms with E-state index in [4.69, 9.17) is 9.84 Å². The SMILES string of the molecule is CCCCOC(=O)/C(CC)=C(\CC)C(=O)O. The molecule has 0 aromatic heterocycles. The molecular formula is C12H20O4. The number of carboxylic acid groups (broad SMARTS) is 1. The maximum absolute atomic E-state index is 11.6. The lowest BCUT2D eigenvalue weighted by Gasteiger charge is -2.09. The van der Waals surface area contributed by atoms with Gasteiger partial charge in [0.15, 0.2) is 0 Å². The van der Waals surface area contributed by atoms with Crippen LogP contribution in [0.2, 0.25) is 0 Å². The minimum absolute atomic E-state index is 0.156. The van der Waals surface area contributed by atoms with E-state index in [1.54, 1.807) is 13.8 Å². The number of carbonyl (C=O) groups is 2. The van der Waals surface area contributed by atoms with Gasteiger partial charge in [0.05, 0.1) is 6.61 Å². The third-order valence-corrected chi connectivity index (χ3v) is 2.31. The molecule has 1 N–H and O–H groups in total. The smallest absolute Gasteiger partial charge is 0.334 e. The number of esters is 1. The van der Waals surface area contributed by atoms with E-state index in [9.17, 15) is 9.59 Å². The molecule has 0 radical (unpaired) electrons. The summed E-state index contributed by atoms with van der Waals surface area (Å²) in [6, 6.07) is 0. The first-order chi connectivity index (χ1) is 7.58. The number of hydrogen-bond donors (Lipinski definition) is 1. The second-order valence-electron chi connectivity index (χ2n) is 3.46. The molecule has 92 valence electrons. The van der Waals surface area contributed by atoms with E-state index in [0.29, 0.717) is 19.4 Å². The van der Waals surface area contributed by atoms with Crippen LogP contribution in [-0.4, -0.2) is 23.7 Å². The maximum atomic E-state index is 11.6. The first kappa shape index (κ1) is 14.7. The fraction of sp³-hybridized carbons (Fsp3) is 0.667. The summed E-state index contributed by atoms with van der Waals surface area (Å²) in [5.74, 6) is -1.53. The first-order valence-electron chi connectivity index (χ1n) is 5.70. The normalized spacial score (nSPS) is 11.9. The number of unbranched alkanes of at least 4 members (excludes halogenated alkanes) is 1. The van der Waals surface area contributed by atoms with Crippen LogP contribution in [0.15, 0.2) is 11.1 Å². The number of hydrogen-bond acceptors (Lipinski definition) is 3. The Balaban J connectivity index is 4.69. The number of carbonyl (C=O) groups excluding carboxylic acids is 1. The summed E-state index contributed by atoms with van der Waals surface area (Å²) in [6.07, 6.45) is 2.47. The highest BCUT2D eigenvalue weighted by molar-refractivity contribution is 5.99. The summed E-state index contributed by atoms with van der Waals surface area (Å²) in [6.45, 7) is 5.84. The summed E-state index contributed by atoms with van der Waals surface area (Å²) >= 11 is 0. The standard InChI is InChI=1S/C12H20O4/c1-4-7-8-16-12(15)10(6-3)9(5-2)11(13)14/h4-8H2,1-3H3,(H,13,14)/b10-9+. The Labute approximate surface area is 96.3 Å². The van der Waals surface area contributed by atoms with Crippen LogP contribution in [0.1, 0.15) is 46.5 Å². The molecule has 0 unspecified atom stereocenters. The second-order valence-corrected chi connectivity index (χ2v) is 3.46. The molecule has 0 aliphatic heterocycles. The molecule has 0 aliphatic rings. The van der Waals surface area contributed by atoms with E-state index in [1.165, 1.54) is 0 Å². The molecule has 0 aliphatic carbocycles. The monoisotopic (exact) mass is 228 g/mol.